The molecule has 0 saturated carbocycles. The van der Waals surface area contributed by atoms with Crippen molar-refractivity contribution in [3.63, 3.8) is 0 Å². The second-order valence-electron chi connectivity index (χ2n) is 9.56. The van der Waals surface area contributed by atoms with Gasteiger partial charge in [0.25, 0.3) is 0 Å². The average molecular weight is 507 g/mol. The first-order valence-corrected chi connectivity index (χ1v) is 12.4. The molecule has 0 bridgehead atoms. The molecule has 36 heavy (non-hydrogen) atoms. The maximum atomic E-state index is 14.5. The third-order valence-electron chi connectivity index (χ3n) is 7.40. The van der Waals surface area contributed by atoms with Crippen LogP contribution in [0.3, 0.4) is 0 Å². The van der Waals surface area contributed by atoms with Crippen molar-refractivity contribution in [3.8, 4) is 0 Å². The van der Waals surface area contributed by atoms with E-state index in [9.17, 15) is 22.4 Å². The van der Waals surface area contributed by atoms with Crippen molar-refractivity contribution in [2.45, 2.75) is 18.6 Å². The van der Waals surface area contributed by atoms with Crippen LogP contribution in [0.5, 0.6) is 0 Å². The number of para-hydroxylation sites is 1. The number of halogens is 4. The minimum Gasteiger partial charge on any atom is -0.379 e. The summed E-state index contributed by atoms with van der Waals surface area (Å²) in [5, 5.41) is 3.01. The zero-order valence-corrected chi connectivity index (χ0v) is 19.9. The number of carbonyl (C=O) groups excluding carboxylic acids is 1. The van der Waals surface area contributed by atoms with Gasteiger partial charge in [-0.15, -0.1) is 0 Å². The number of ether oxygens (including phenoxy) is 1. The monoisotopic (exact) mass is 506 g/mol. The van der Waals surface area contributed by atoms with Crippen molar-refractivity contribution < 1.29 is 27.1 Å². The van der Waals surface area contributed by atoms with Gasteiger partial charge in [-0.2, -0.15) is 13.2 Å². The number of piperazine rings is 1. The van der Waals surface area contributed by atoms with Crippen molar-refractivity contribution in [2.75, 3.05) is 68.8 Å². The van der Waals surface area contributed by atoms with Crippen LogP contribution >= 0.6 is 0 Å². The summed E-state index contributed by atoms with van der Waals surface area (Å²) < 4.78 is 60.1. The number of anilines is 2. The fourth-order valence-electron chi connectivity index (χ4n) is 5.52. The highest BCUT2D eigenvalue weighted by Crippen LogP contribution is 2.40. The molecule has 2 fully saturated rings. The van der Waals surface area contributed by atoms with Crippen molar-refractivity contribution in [2.24, 2.45) is 5.92 Å². The highest BCUT2D eigenvalue weighted by molar-refractivity contribution is 5.82. The third-order valence-corrected chi connectivity index (χ3v) is 7.40. The van der Waals surface area contributed by atoms with E-state index in [0.29, 0.717) is 57.2 Å². The lowest BCUT2D eigenvalue weighted by Gasteiger charge is -2.49. The Morgan fingerprint density at radius 1 is 1.03 bits per heavy atom. The van der Waals surface area contributed by atoms with Crippen LogP contribution in [0.4, 0.5) is 28.9 Å². The number of amides is 1. The lowest BCUT2D eigenvalue weighted by molar-refractivity contribution is -0.137. The Balaban J connectivity index is 1.38. The van der Waals surface area contributed by atoms with Gasteiger partial charge in [0.1, 0.15) is 5.82 Å². The summed E-state index contributed by atoms with van der Waals surface area (Å²) >= 11 is 0. The molecule has 0 aromatic heterocycles. The summed E-state index contributed by atoms with van der Waals surface area (Å²) in [4.78, 5) is 19.6. The second kappa shape index (κ2) is 10.3. The third kappa shape index (κ3) is 5.15. The Morgan fingerprint density at radius 3 is 2.56 bits per heavy atom. The van der Waals surface area contributed by atoms with Gasteiger partial charge in [0, 0.05) is 51.5 Å². The summed E-state index contributed by atoms with van der Waals surface area (Å²) in [6.45, 7) is 5.47. The van der Waals surface area contributed by atoms with E-state index in [-0.39, 0.29) is 24.2 Å². The van der Waals surface area contributed by atoms with Crippen molar-refractivity contribution in [1.82, 2.24) is 10.2 Å². The highest BCUT2D eigenvalue weighted by Gasteiger charge is 2.43. The predicted molar refractivity (Wildman–Crippen MR) is 129 cm³/mol. The number of alkyl halides is 3. The van der Waals surface area contributed by atoms with Crippen LogP contribution in [-0.2, 0) is 22.1 Å². The number of hydrogen-bond acceptors (Lipinski definition) is 5. The number of nitrogens with zero attached hydrogens (tertiary/aromatic N) is 3. The fraction of sp³-hybridized carbons (Fsp3) is 0.500. The molecule has 1 amide bonds. The van der Waals surface area contributed by atoms with Gasteiger partial charge in [-0.05, 0) is 42.3 Å². The van der Waals surface area contributed by atoms with Crippen LogP contribution in [0.25, 0.3) is 0 Å². The van der Waals surface area contributed by atoms with E-state index in [1.54, 1.807) is 18.2 Å². The van der Waals surface area contributed by atoms with Crippen LogP contribution in [0.1, 0.15) is 11.1 Å². The number of hydrogen-bond donors (Lipinski definition) is 1. The van der Waals surface area contributed by atoms with Crippen LogP contribution in [0, 0.1) is 11.7 Å². The van der Waals surface area contributed by atoms with E-state index in [2.05, 4.69) is 10.2 Å². The van der Waals surface area contributed by atoms with Gasteiger partial charge in [0.15, 0.2) is 0 Å². The molecule has 3 aliphatic heterocycles. The maximum Gasteiger partial charge on any atom is 0.416 e. The molecule has 2 atom stereocenters. The van der Waals surface area contributed by atoms with Crippen molar-refractivity contribution >= 4 is 17.3 Å². The molecule has 6 nitrogen and oxygen atoms in total. The molecular formula is C26H30F4N4O2. The molecule has 0 spiro atoms. The molecule has 1 N–H and O–H groups in total. The molecule has 3 heterocycles. The largest absolute Gasteiger partial charge is 0.416 e. The minimum absolute atomic E-state index is 0.184. The SMILES string of the molecule is O=C(NCCN1CCOCC1)[C@H]1Cc2cc(C(F)(F)F)ccc2N2CCN(c3ccccc3F)C[C@@H]12. The summed E-state index contributed by atoms with van der Waals surface area (Å²) in [7, 11) is 0. The first kappa shape index (κ1) is 24.8. The van der Waals surface area contributed by atoms with E-state index in [0.717, 1.165) is 24.8 Å². The number of carbonyl (C=O) groups is 1. The lowest BCUT2D eigenvalue weighted by Crippen LogP contribution is -2.61. The predicted octanol–water partition coefficient (Wildman–Crippen LogP) is 3.16. The Kier molecular flexibility index (Phi) is 7.07. The summed E-state index contributed by atoms with van der Waals surface area (Å²) in [6, 6.07) is 10.0. The Hall–Kier alpha value is -2.85. The van der Waals surface area contributed by atoms with Crippen LogP contribution in [-0.4, -0.2) is 75.9 Å². The minimum atomic E-state index is -4.45. The normalized spacial score (nSPS) is 22.7. The smallest absolute Gasteiger partial charge is 0.379 e. The first-order chi connectivity index (χ1) is 17.3. The van der Waals surface area contributed by atoms with Crippen LogP contribution < -0.4 is 15.1 Å². The Labute approximate surface area is 207 Å². The lowest BCUT2D eigenvalue weighted by atomic mass is 9.82. The molecule has 0 aliphatic carbocycles. The Bertz CT molecular complexity index is 1090. The zero-order chi connectivity index (χ0) is 25.3. The molecule has 2 saturated heterocycles. The zero-order valence-electron chi connectivity index (χ0n) is 19.9. The average Bonchev–Trinajstić information content (AvgIpc) is 2.88. The topological polar surface area (TPSA) is 48.1 Å². The van der Waals surface area contributed by atoms with E-state index < -0.39 is 17.7 Å². The number of nitrogens with one attached hydrogen (secondary N) is 1. The van der Waals surface area contributed by atoms with E-state index in [4.69, 9.17) is 4.74 Å². The fourth-order valence-corrected chi connectivity index (χ4v) is 5.52. The molecular weight excluding hydrogens is 476 g/mol. The van der Waals surface area contributed by atoms with Gasteiger partial charge < -0.3 is 19.9 Å². The standard InChI is InChI=1S/C26H30F4N4O2/c27-21-3-1-2-4-23(21)33-9-10-34-22-6-5-19(26(28,29)30)15-18(22)16-20(24(34)17-33)25(35)31-7-8-32-11-13-36-14-12-32/h1-6,15,20,24H,7-14,16-17H2,(H,31,35)/t20-,24-/m0/s1. The number of morpholine rings is 1. The molecule has 194 valence electrons. The Morgan fingerprint density at radius 2 is 1.81 bits per heavy atom. The molecule has 3 aliphatic rings. The summed E-state index contributed by atoms with van der Waals surface area (Å²) in [6.07, 6.45) is -4.25. The van der Waals surface area contributed by atoms with Crippen molar-refractivity contribution in [3.05, 3.63) is 59.4 Å². The molecule has 2 aromatic carbocycles. The van der Waals surface area contributed by atoms with Crippen LogP contribution in [0.15, 0.2) is 42.5 Å². The van der Waals surface area contributed by atoms with E-state index in [1.165, 1.54) is 18.2 Å². The summed E-state index contributed by atoms with van der Waals surface area (Å²) in [5.74, 6) is -1.07. The molecule has 10 heteroatoms. The summed E-state index contributed by atoms with van der Waals surface area (Å²) in [5.41, 5.74) is 1.00. The van der Waals surface area contributed by atoms with Crippen LogP contribution in [0.2, 0.25) is 0 Å². The molecule has 0 unspecified atom stereocenters. The van der Waals surface area contributed by atoms with Crippen molar-refractivity contribution in [1.29, 1.82) is 0 Å². The maximum absolute atomic E-state index is 14.5. The molecule has 2 aromatic rings. The van der Waals surface area contributed by atoms with Gasteiger partial charge >= 0.3 is 6.18 Å². The van der Waals surface area contributed by atoms with Gasteiger partial charge in [-0.25, -0.2) is 4.39 Å². The van der Waals surface area contributed by atoms with E-state index in [1.807, 2.05) is 9.80 Å². The quantitative estimate of drug-likeness (QED) is 0.632. The number of fused-ring (bicyclic) bond motifs is 3. The molecule has 0 radical (unpaired) electrons. The second-order valence-corrected chi connectivity index (χ2v) is 9.56. The highest BCUT2D eigenvalue weighted by atomic mass is 19.4. The van der Waals surface area contributed by atoms with Gasteiger partial charge in [-0.3, -0.25) is 9.69 Å². The molecule has 5 rings (SSSR count). The number of rotatable bonds is 5. The van der Waals surface area contributed by atoms with E-state index >= 15 is 0 Å². The number of benzene rings is 2. The van der Waals surface area contributed by atoms with Gasteiger partial charge in [-0.1, -0.05) is 12.1 Å². The first-order valence-electron chi connectivity index (χ1n) is 12.4. The van der Waals surface area contributed by atoms with Gasteiger partial charge in [0.05, 0.1) is 36.4 Å². The van der Waals surface area contributed by atoms with Gasteiger partial charge in [0.2, 0.25) is 5.91 Å².